The lowest BCUT2D eigenvalue weighted by Crippen LogP contribution is -2.38. The summed E-state index contributed by atoms with van der Waals surface area (Å²) in [7, 11) is -1.76. The van der Waals surface area contributed by atoms with Crippen LogP contribution in [0.5, 0.6) is 0 Å². The van der Waals surface area contributed by atoms with E-state index in [2.05, 4.69) is 0 Å². The zero-order chi connectivity index (χ0) is 15.0. The Morgan fingerprint density at radius 1 is 1.15 bits per heavy atom. The number of likely N-dealkylation sites (tertiary alicyclic amines) is 1. The lowest BCUT2D eigenvalue weighted by atomic mass is 10.2. The van der Waals surface area contributed by atoms with Crippen molar-refractivity contribution in [2.24, 2.45) is 0 Å². The minimum absolute atomic E-state index is 0.0537. The van der Waals surface area contributed by atoms with E-state index < -0.39 is 10.0 Å². The van der Waals surface area contributed by atoms with Crippen LogP contribution >= 0.6 is 0 Å². The summed E-state index contributed by atoms with van der Waals surface area (Å²) >= 11 is 0. The largest absolute Gasteiger partial charge is 0.383 e. The number of ether oxygens (including phenoxy) is 1. The van der Waals surface area contributed by atoms with E-state index in [0.717, 1.165) is 25.9 Å². The topological polar surface area (TPSA) is 66.9 Å². The van der Waals surface area contributed by atoms with Crippen LogP contribution in [0.1, 0.15) is 32.1 Å². The van der Waals surface area contributed by atoms with Crippen molar-refractivity contribution in [2.75, 3.05) is 46.2 Å². The maximum Gasteiger partial charge on any atom is 0.223 e. The quantitative estimate of drug-likeness (QED) is 0.694. The second-order valence-electron chi connectivity index (χ2n) is 5.20. The van der Waals surface area contributed by atoms with E-state index >= 15 is 0 Å². The predicted molar refractivity (Wildman–Crippen MR) is 78.0 cm³/mol. The molecule has 0 aromatic rings. The molecule has 118 valence electrons. The Morgan fingerprint density at radius 2 is 1.75 bits per heavy atom. The standard InChI is InChI=1S/C13H26N2O4S/c1-19-12-11-15(20(2,17)18)10-7-13(16)14-8-5-3-4-6-9-14/h3-12H2,1-2H3. The molecule has 0 radical (unpaired) electrons. The van der Waals surface area contributed by atoms with Crippen LogP contribution in [0.25, 0.3) is 0 Å². The zero-order valence-corrected chi connectivity index (χ0v) is 13.3. The molecule has 7 heteroatoms. The molecule has 0 atom stereocenters. The van der Waals surface area contributed by atoms with Crippen molar-refractivity contribution in [2.45, 2.75) is 32.1 Å². The van der Waals surface area contributed by atoms with Gasteiger partial charge in [0.1, 0.15) is 0 Å². The maximum atomic E-state index is 12.1. The molecule has 1 heterocycles. The number of amides is 1. The van der Waals surface area contributed by atoms with Gasteiger partial charge >= 0.3 is 0 Å². The van der Waals surface area contributed by atoms with Gasteiger partial charge in [0, 0.05) is 39.7 Å². The lowest BCUT2D eigenvalue weighted by molar-refractivity contribution is -0.131. The number of methoxy groups -OCH3 is 1. The number of hydrogen-bond donors (Lipinski definition) is 0. The highest BCUT2D eigenvalue weighted by Gasteiger charge is 2.20. The summed E-state index contributed by atoms with van der Waals surface area (Å²) < 4.78 is 29.5. The number of hydrogen-bond acceptors (Lipinski definition) is 4. The summed E-state index contributed by atoms with van der Waals surface area (Å²) in [5.74, 6) is 0.0537. The van der Waals surface area contributed by atoms with Crippen LogP contribution in [-0.4, -0.2) is 69.7 Å². The van der Waals surface area contributed by atoms with Gasteiger partial charge in [-0.25, -0.2) is 8.42 Å². The Kier molecular flexibility index (Phi) is 7.47. The molecule has 1 saturated heterocycles. The average molecular weight is 306 g/mol. The highest BCUT2D eigenvalue weighted by molar-refractivity contribution is 7.88. The molecule has 1 aliphatic heterocycles. The van der Waals surface area contributed by atoms with Gasteiger partial charge in [0.2, 0.25) is 15.9 Å². The molecular weight excluding hydrogens is 280 g/mol. The van der Waals surface area contributed by atoms with Gasteiger partial charge < -0.3 is 9.64 Å². The summed E-state index contributed by atoms with van der Waals surface area (Å²) in [5.41, 5.74) is 0. The summed E-state index contributed by atoms with van der Waals surface area (Å²) in [4.78, 5) is 14.0. The van der Waals surface area contributed by atoms with Gasteiger partial charge in [-0.05, 0) is 12.8 Å². The van der Waals surface area contributed by atoms with Crippen LogP contribution in [-0.2, 0) is 19.6 Å². The van der Waals surface area contributed by atoms with E-state index in [1.165, 1.54) is 30.5 Å². The van der Waals surface area contributed by atoms with Crippen LogP contribution in [0.2, 0.25) is 0 Å². The predicted octanol–water partition coefficient (Wildman–Crippen LogP) is 0.687. The summed E-state index contributed by atoms with van der Waals surface area (Å²) in [5, 5.41) is 0. The van der Waals surface area contributed by atoms with Gasteiger partial charge in [-0.2, -0.15) is 4.31 Å². The first kappa shape index (κ1) is 17.4. The fourth-order valence-corrected chi connectivity index (χ4v) is 3.16. The van der Waals surface area contributed by atoms with Crippen molar-refractivity contribution in [1.82, 2.24) is 9.21 Å². The lowest BCUT2D eigenvalue weighted by Gasteiger charge is -2.23. The van der Waals surface area contributed by atoms with Crippen molar-refractivity contribution >= 4 is 15.9 Å². The van der Waals surface area contributed by atoms with Crippen LogP contribution in [0.4, 0.5) is 0 Å². The fourth-order valence-electron chi connectivity index (χ4n) is 2.34. The molecule has 1 fully saturated rings. The maximum absolute atomic E-state index is 12.1. The number of rotatable bonds is 7. The molecule has 0 aromatic heterocycles. The molecular formula is C13H26N2O4S. The third-order valence-electron chi connectivity index (χ3n) is 3.55. The fraction of sp³-hybridized carbons (Fsp3) is 0.923. The molecule has 1 rings (SSSR count). The minimum atomic E-state index is -3.29. The zero-order valence-electron chi connectivity index (χ0n) is 12.5. The van der Waals surface area contributed by atoms with Crippen molar-refractivity contribution in [1.29, 1.82) is 0 Å². The first-order valence-electron chi connectivity index (χ1n) is 7.17. The number of carbonyl (C=O) groups excluding carboxylic acids is 1. The van der Waals surface area contributed by atoms with Gasteiger partial charge in [-0.3, -0.25) is 4.79 Å². The third kappa shape index (κ3) is 6.19. The summed E-state index contributed by atoms with van der Waals surface area (Å²) in [6.07, 6.45) is 5.85. The van der Waals surface area contributed by atoms with E-state index in [1.54, 1.807) is 0 Å². The first-order chi connectivity index (χ1) is 9.45. The molecule has 0 saturated carbocycles. The van der Waals surface area contributed by atoms with Gasteiger partial charge in [0.15, 0.2) is 0 Å². The molecule has 0 bridgehead atoms. The second-order valence-corrected chi connectivity index (χ2v) is 7.18. The number of sulfonamides is 1. The molecule has 6 nitrogen and oxygen atoms in total. The Morgan fingerprint density at radius 3 is 2.25 bits per heavy atom. The molecule has 1 amide bonds. The van der Waals surface area contributed by atoms with Crippen LogP contribution in [0.3, 0.4) is 0 Å². The van der Waals surface area contributed by atoms with Crippen LogP contribution in [0, 0.1) is 0 Å². The Hall–Kier alpha value is -0.660. The summed E-state index contributed by atoms with van der Waals surface area (Å²) in [6.45, 7) is 2.47. The molecule has 0 aliphatic carbocycles. The molecule has 0 aromatic carbocycles. The van der Waals surface area contributed by atoms with Gasteiger partial charge in [0.25, 0.3) is 0 Å². The van der Waals surface area contributed by atoms with Crippen molar-refractivity contribution in [3.8, 4) is 0 Å². The molecule has 20 heavy (non-hydrogen) atoms. The Balaban J connectivity index is 2.46. The number of nitrogens with zero attached hydrogens (tertiary/aromatic N) is 2. The molecule has 0 unspecified atom stereocenters. The Labute approximate surface area is 122 Å². The minimum Gasteiger partial charge on any atom is -0.383 e. The third-order valence-corrected chi connectivity index (χ3v) is 4.85. The van der Waals surface area contributed by atoms with Gasteiger partial charge in [-0.15, -0.1) is 0 Å². The Bertz CT molecular complexity index is 389. The molecule has 0 N–H and O–H groups in total. The van der Waals surface area contributed by atoms with E-state index in [0.29, 0.717) is 13.2 Å². The van der Waals surface area contributed by atoms with Crippen molar-refractivity contribution < 1.29 is 17.9 Å². The molecule has 0 spiro atoms. The van der Waals surface area contributed by atoms with Crippen LogP contribution in [0.15, 0.2) is 0 Å². The molecule has 1 aliphatic rings. The van der Waals surface area contributed by atoms with E-state index in [4.69, 9.17) is 4.74 Å². The van der Waals surface area contributed by atoms with Crippen molar-refractivity contribution in [3.05, 3.63) is 0 Å². The van der Waals surface area contributed by atoms with Gasteiger partial charge in [-0.1, -0.05) is 12.8 Å². The average Bonchev–Trinajstić information content (AvgIpc) is 2.65. The first-order valence-corrected chi connectivity index (χ1v) is 9.02. The van der Waals surface area contributed by atoms with Crippen LogP contribution < -0.4 is 0 Å². The highest BCUT2D eigenvalue weighted by Crippen LogP contribution is 2.11. The van der Waals surface area contributed by atoms with E-state index in [1.807, 2.05) is 4.90 Å². The number of carbonyl (C=O) groups is 1. The van der Waals surface area contributed by atoms with E-state index in [-0.39, 0.29) is 18.9 Å². The summed E-state index contributed by atoms with van der Waals surface area (Å²) in [6, 6.07) is 0. The second kappa shape index (κ2) is 8.59. The highest BCUT2D eigenvalue weighted by atomic mass is 32.2. The van der Waals surface area contributed by atoms with E-state index in [9.17, 15) is 13.2 Å². The van der Waals surface area contributed by atoms with Gasteiger partial charge in [0.05, 0.1) is 12.9 Å². The smallest absolute Gasteiger partial charge is 0.223 e. The normalized spacial score (nSPS) is 17.2. The van der Waals surface area contributed by atoms with Crippen molar-refractivity contribution in [3.63, 3.8) is 0 Å². The monoisotopic (exact) mass is 306 g/mol. The SMILES string of the molecule is COCCN(CCC(=O)N1CCCCCC1)S(C)(=O)=O.